The molecule has 2 aliphatic rings. The Bertz CT molecular complexity index is 758. The number of carboxylic acids is 1. The molecule has 0 saturated carbocycles. The number of likely N-dealkylation sites (tertiary alicyclic amines) is 2. The van der Waals surface area contributed by atoms with Crippen LogP contribution >= 0.6 is 0 Å². The monoisotopic (exact) mass is 388 g/mol. The van der Waals surface area contributed by atoms with E-state index in [0.717, 1.165) is 17.5 Å². The summed E-state index contributed by atoms with van der Waals surface area (Å²) in [6.07, 6.45) is 1.43. The van der Waals surface area contributed by atoms with Crippen LogP contribution in [0.25, 0.3) is 0 Å². The van der Waals surface area contributed by atoms with Gasteiger partial charge in [-0.3, -0.25) is 9.59 Å². The van der Waals surface area contributed by atoms with E-state index in [2.05, 4.69) is 0 Å². The molecule has 152 valence electrons. The number of hydrogen-bond donors (Lipinski definition) is 1. The summed E-state index contributed by atoms with van der Waals surface area (Å²) in [6.45, 7) is 5.13. The van der Waals surface area contributed by atoms with Crippen molar-refractivity contribution in [3.05, 3.63) is 34.9 Å². The second-order valence-corrected chi connectivity index (χ2v) is 7.90. The Kier molecular flexibility index (Phi) is 6.03. The van der Waals surface area contributed by atoms with Crippen LogP contribution in [-0.2, 0) is 14.3 Å². The molecule has 1 aromatic rings. The lowest BCUT2D eigenvalue weighted by Gasteiger charge is -2.35. The normalized spacial score (nSPS) is 25.0. The second-order valence-electron chi connectivity index (χ2n) is 7.90. The van der Waals surface area contributed by atoms with Crippen LogP contribution in [0.5, 0.6) is 0 Å². The van der Waals surface area contributed by atoms with Gasteiger partial charge in [-0.15, -0.1) is 0 Å². The zero-order chi connectivity index (χ0) is 20.4. The van der Waals surface area contributed by atoms with E-state index in [1.807, 2.05) is 32.0 Å². The number of hydrogen-bond acceptors (Lipinski definition) is 4. The minimum atomic E-state index is -1.01. The smallest absolute Gasteiger partial charge is 0.326 e. The summed E-state index contributed by atoms with van der Waals surface area (Å²) >= 11 is 0. The molecule has 2 aliphatic heterocycles. The third-order valence-electron chi connectivity index (χ3n) is 5.69. The quantitative estimate of drug-likeness (QED) is 0.851. The van der Waals surface area contributed by atoms with Crippen LogP contribution < -0.4 is 0 Å². The number of carboxylic acid groups (broad SMARTS) is 1. The van der Waals surface area contributed by atoms with Crippen molar-refractivity contribution in [1.82, 2.24) is 9.80 Å². The summed E-state index contributed by atoms with van der Waals surface area (Å²) in [5, 5.41) is 9.47. The van der Waals surface area contributed by atoms with Gasteiger partial charge in [-0.1, -0.05) is 17.2 Å². The van der Waals surface area contributed by atoms with Gasteiger partial charge in [0.15, 0.2) is 0 Å². The van der Waals surface area contributed by atoms with Gasteiger partial charge in [0.2, 0.25) is 5.91 Å². The van der Waals surface area contributed by atoms with Gasteiger partial charge in [0.1, 0.15) is 6.04 Å². The number of piperidine rings is 1. The Morgan fingerprint density at radius 1 is 1.11 bits per heavy atom. The molecule has 0 aromatic heterocycles. The van der Waals surface area contributed by atoms with Gasteiger partial charge in [0, 0.05) is 38.7 Å². The predicted molar refractivity (Wildman–Crippen MR) is 103 cm³/mol. The number of methoxy groups -OCH3 is 1. The van der Waals surface area contributed by atoms with Crippen LogP contribution in [0.3, 0.4) is 0 Å². The minimum absolute atomic E-state index is 0.0738. The first-order chi connectivity index (χ1) is 13.3. The highest BCUT2D eigenvalue weighted by atomic mass is 16.5. The first-order valence-corrected chi connectivity index (χ1v) is 9.73. The summed E-state index contributed by atoms with van der Waals surface area (Å²) in [7, 11) is 1.53. The van der Waals surface area contributed by atoms with E-state index in [9.17, 15) is 19.5 Å². The van der Waals surface area contributed by atoms with Crippen molar-refractivity contribution in [2.75, 3.05) is 26.7 Å². The Morgan fingerprint density at radius 2 is 1.79 bits per heavy atom. The molecule has 7 heteroatoms. The molecule has 2 heterocycles. The number of carbonyl (C=O) groups is 3. The second kappa shape index (κ2) is 8.31. The van der Waals surface area contributed by atoms with E-state index in [0.29, 0.717) is 31.5 Å². The summed E-state index contributed by atoms with van der Waals surface area (Å²) in [6, 6.07) is 4.89. The number of aliphatic carboxylic acids is 1. The third-order valence-corrected chi connectivity index (χ3v) is 5.69. The molecule has 2 fully saturated rings. The largest absolute Gasteiger partial charge is 0.480 e. The standard InChI is InChI=1S/C21H28N2O5/c1-13-7-14(2)9-16(8-13)19(24)22-6-4-5-15(11-22)20(25)23-12-17(28-3)10-18(23)21(26)27/h7-9,15,17-18H,4-6,10-12H2,1-3H3,(H,26,27). The molecular weight excluding hydrogens is 360 g/mol. The SMILES string of the molecule is COC1CC(C(=O)O)N(C(=O)C2CCCN(C(=O)c3cc(C)cc(C)c3)C2)C1. The number of rotatable bonds is 4. The van der Waals surface area contributed by atoms with E-state index in [1.54, 1.807) is 4.90 Å². The molecule has 3 atom stereocenters. The molecule has 0 aliphatic carbocycles. The van der Waals surface area contributed by atoms with Gasteiger partial charge < -0.3 is 19.6 Å². The minimum Gasteiger partial charge on any atom is -0.480 e. The highest BCUT2D eigenvalue weighted by Crippen LogP contribution is 2.27. The number of ether oxygens (including phenoxy) is 1. The molecule has 1 N–H and O–H groups in total. The lowest BCUT2D eigenvalue weighted by molar-refractivity contribution is -0.150. The molecule has 0 radical (unpaired) electrons. The average Bonchev–Trinajstić information content (AvgIpc) is 3.11. The van der Waals surface area contributed by atoms with Crippen LogP contribution in [0.4, 0.5) is 0 Å². The maximum Gasteiger partial charge on any atom is 0.326 e. The van der Waals surface area contributed by atoms with Crippen molar-refractivity contribution in [2.45, 2.75) is 45.3 Å². The van der Waals surface area contributed by atoms with E-state index in [-0.39, 0.29) is 30.4 Å². The van der Waals surface area contributed by atoms with Gasteiger partial charge >= 0.3 is 5.97 Å². The van der Waals surface area contributed by atoms with Crippen molar-refractivity contribution in [2.24, 2.45) is 5.92 Å². The van der Waals surface area contributed by atoms with Gasteiger partial charge in [0.25, 0.3) is 5.91 Å². The van der Waals surface area contributed by atoms with E-state index in [1.165, 1.54) is 12.0 Å². The van der Waals surface area contributed by atoms with E-state index < -0.39 is 12.0 Å². The molecule has 0 bridgehead atoms. The molecule has 2 amide bonds. The van der Waals surface area contributed by atoms with Gasteiger partial charge in [-0.25, -0.2) is 4.79 Å². The van der Waals surface area contributed by atoms with Gasteiger partial charge in [0.05, 0.1) is 12.0 Å². The van der Waals surface area contributed by atoms with Crippen molar-refractivity contribution in [3.63, 3.8) is 0 Å². The molecular formula is C21H28N2O5. The fourth-order valence-electron chi connectivity index (χ4n) is 4.32. The average molecular weight is 388 g/mol. The number of aryl methyl sites for hydroxylation is 2. The fraction of sp³-hybridized carbons (Fsp3) is 0.571. The Hall–Kier alpha value is -2.41. The first-order valence-electron chi connectivity index (χ1n) is 9.73. The predicted octanol–water partition coefficient (Wildman–Crippen LogP) is 1.86. The Labute approximate surface area is 165 Å². The molecule has 3 rings (SSSR count). The lowest BCUT2D eigenvalue weighted by atomic mass is 9.95. The summed E-state index contributed by atoms with van der Waals surface area (Å²) < 4.78 is 5.28. The van der Waals surface area contributed by atoms with Crippen molar-refractivity contribution in [1.29, 1.82) is 0 Å². The summed E-state index contributed by atoms with van der Waals surface area (Å²) in [4.78, 5) is 40.7. The Morgan fingerprint density at radius 3 is 2.39 bits per heavy atom. The number of carbonyl (C=O) groups excluding carboxylic acids is 2. The van der Waals surface area contributed by atoms with Crippen LogP contribution in [0.1, 0.15) is 40.7 Å². The van der Waals surface area contributed by atoms with Crippen LogP contribution in [-0.4, -0.2) is 71.6 Å². The van der Waals surface area contributed by atoms with Crippen molar-refractivity contribution in [3.8, 4) is 0 Å². The maximum absolute atomic E-state index is 13.1. The van der Waals surface area contributed by atoms with Crippen LogP contribution in [0, 0.1) is 19.8 Å². The molecule has 28 heavy (non-hydrogen) atoms. The van der Waals surface area contributed by atoms with E-state index in [4.69, 9.17) is 4.74 Å². The number of benzene rings is 1. The van der Waals surface area contributed by atoms with Gasteiger partial charge in [-0.05, 0) is 38.8 Å². The highest BCUT2D eigenvalue weighted by molar-refractivity contribution is 5.95. The fourth-order valence-corrected chi connectivity index (χ4v) is 4.32. The molecule has 2 saturated heterocycles. The summed E-state index contributed by atoms with van der Waals surface area (Å²) in [5.41, 5.74) is 2.69. The van der Waals surface area contributed by atoms with Crippen LogP contribution in [0.2, 0.25) is 0 Å². The third kappa shape index (κ3) is 4.19. The number of amides is 2. The Balaban J connectivity index is 1.72. The first kappa shape index (κ1) is 20.3. The molecule has 3 unspecified atom stereocenters. The highest BCUT2D eigenvalue weighted by Gasteiger charge is 2.43. The molecule has 7 nitrogen and oxygen atoms in total. The van der Waals surface area contributed by atoms with Crippen molar-refractivity contribution < 1.29 is 24.2 Å². The molecule has 0 spiro atoms. The topological polar surface area (TPSA) is 87.2 Å². The van der Waals surface area contributed by atoms with Crippen LogP contribution in [0.15, 0.2) is 18.2 Å². The maximum atomic E-state index is 13.1. The van der Waals surface area contributed by atoms with Crippen molar-refractivity contribution >= 4 is 17.8 Å². The summed E-state index contributed by atoms with van der Waals surface area (Å²) in [5.74, 6) is -1.65. The number of nitrogens with zero attached hydrogens (tertiary/aromatic N) is 2. The lowest BCUT2D eigenvalue weighted by Crippen LogP contribution is -2.49. The zero-order valence-electron chi connectivity index (χ0n) is 16.7. The van der Waals surface area contributed by atoms with Gasteiger partial charge in [-0.2, -0.15) is 0 Å². The zero-order valence-corrected chi connectivity index (χ0v) is 16.7. The van der Waals surface area contributed by atoms with E-state index >= 15 is 0 Å². The molecule has 1 aromatic carbocycles.